The van der Waals surface area contributed by atoms with Crippen molar-refractivity contribution in [1.82, 2.24) is 24.9 Å². The topological polar surface area (TPSA) is 102 Å². The number of carbonyl (C=O) groups is 2. The van der Waals surface area contributed by atoms with Gasteiger partial charge in [0.15, 0.2) is 0 Å². The van der Waals surface area contributed by atoms with E-state index in [0.717, 1.165) is 12.2 Å². The molecule has 0 aliphatic heterocycles. The summed E-state index contributed by atoms with van der Waals surface area (Å²) in [4.78, 5) is 22.5. The highest BCUT2D eigenvalue weighted by molar-refractivity contribution is 5.93. The Hall–Kier alpha value is -2.64. The molecule has 2 aromatic rings. The smallest absolute Gasteiger partial charge is 0.305 e. The highest BCUT2D eigenvalue weighted by Crippen LogP contribution is 2.02. The molecule has 2 aromatic heterocycles. The summed E-state index contributed by atoms with van der Waals surface area (Å²) in [6, 6.07) is 1.85. The third kappa shape index (κ3) is 3.91. The molecule has 0 spiro atoms. The van der Waals surface area contributed by atoms with Crippen LogP contribution in [0.15, 0.2) is 24.7 Å². The molecule has 2 heterocycles. The molecule has 112 valence electrons. The van der Waals surface area contributed by atoms with Crippen LogP contribution in [0.2, 0.25) is 0 Å². The molecule has 2 rings (SSSR count). The summed E-state index contributed by atoms with van der Waals surface area (Å²) in [5, 5.41) is 19.5. The molecule has 21 heavy (non-hydrogen) atoms. The second-order valence-corrected chi connectivity index (χ2v) is 4.46. The van der Waals surface area contributed by atoms with E-state index in [-0.39, 0.29) is 18.9 Å². The van der Waals surface area contributed by atoms with E-state index in [9.17, 15) is 9.59 Å². The van der Waals surface area contributed by atoms with Crippen molar-refractivity contribution in [3.8, 4) is 0 Å². The van der Waals surface area contributed by atoms with Crippen LogP contribution in [0.1, 0.15) is 29.4 Å². The van der Waals surface area contributed by atoms with Gasteiger partial charge in [0.2, 0.25) is 0 Å². The van der Waals surface area contributed by atoms with E-state index in [0.29, 0.717) is 12.1 Å². The van der Waals surface area contributed by atoms with Gasteiger partial charge in [-0.2, -0.15) is 10.2 Å². The van der Waals surface area contributed by atoms with Crippen molar-refractivity contribution < 1.29 is 14.7 Å². The Morgan fingerprint density at radius 3 is 2.90 bits per heavy atom. The van der Waals surface area contributed by atoms with E-state index in [1.165, 1.54) is 17.1 Å². The van der Waals surface area contributed by atoms with Crippen LogP contribution >= 0.6 is 0 Å². The zero-order chi connectivity index (χ0) is 15.2. The molecule has 1 amide bonds. The van der Waals surface area contributed by atoms with Crippen LogP contribution in [0.5, 0.6) is 0 Å². The lowest BCUT2D eigenvalue weighted by Crippen LogP contribution is -2.24. The first-order valence-corrected chi connectivity index (χ1v) is 6.63. The predicted molar refractivity (Wildman–Crippen MR) is 73.6 cm³/mol. The van der Waals surface area contributed by atoms with E-state index < -0.39 is 5.97 Å². The fourth-order valence-corrected chi connectivity index (χ4v) is 1.88. The minimum atomic E-state index is -0.899. The minimum Gasteiger partial charge on any atom is -0.481 e. The number of carbonyl (C=O) groups excluding carboxylic acids is 1. The monoisotopic (exact) mass is 291 g/mol. The molecule has 8 nitrogen and oxygen atoms in total. The van der Waals surface area contributed by atoms with Crippen molar-refractivity contribution in [1.29, 1.82) is 0 Å². The Kier molecular flexibility index (Phi) is 4.70. The van der Waals surface area contributed by atoms with Gasteiger partial charge in [-0.1, -0.05) is 0 Å². The molecule has 0 saturated heterocycles. The highest BCUT2D eigenvalue weighted by atomic mass is 16.4. The average molecular weight is 291 g/mol. The van der Waals surface area contributed by atoms with Crippen LogP contribution in [-0.4, -0.2) is 36.5 Å². The van der Waals surface area contributed by atoms with E-state index in [2.05, 4.69) is 15.5 Å². The van der Waals surface area contributed by atoms with Crippen LogP contribution in [-0.2, 0) is 24.4 Å². The molecule has 0 unspecified atom stereocenters. The van der Waals surface area contributed by atoms with Crippen LogP contribution in [0.4, 0.5) is 0 Å². The SMILES string of the molecule is CCn1nccc1CNC(=O)c1cnn(CCC(=O)O)c1. The maximum atomic E-state index is 12.0. The molecule has 0 aliphatic rings. The molecule has 0 aromatic carbocycles. The lowest BCUT2D eigenvalue weighted by molar-refractivity contribution is -0.137. The van der Waals surface area contributed by atoms with Crippen molar-refractivity contribution >= 4 is 11.9 Å². The molecule has 0 radical (unpaired) electrons. The summed E-state index contributed by atoms with van der Waals surface area (Å²) in [6.45, 7) is 3.34. The number of hydrogen-bond donors (Lipinski definition) is 2. The standard InChI is InChI=1S/C13H17N5O3/c1-2-18-11(3-5-15-18)8-14-13(21)10-7-16-17(9-10)6-4-12(19)20/h3,5,7,9H,2,4,6,8H2,1H3,(H,14,21)(H,19,20). The number of nitrogens with one attached hydrogen (secondary N) is 1. The van der Waals surface area contributed by atoms with Crippen molar-refractivity contribution in [2.75, 3.05) is 0 Å². The van der Waals surface area contributed by atoms with Gasteiger partial charge in [-0.05, 0) is 13.0 Å². The third-order valence-electron chi connectivity index (χ3n) is 2.98. The minimum absolute atomic E-state index is 0.0293. The Balaban J connectivity index is 1.90. The van der Waals surface area contributed by atoms with Crippen molar-refractivity contribution in [2.45, 2.75) is 33.0 Å². The zero-order valence-electron chi connectivity index (χ0n) is 11.7. The average Bonchev–Trinajstić information content (AvgIpc) is 3.11. The van der Waals surface area contributed by atoms with Crippen molar-refractivity contribution in [3.63, 3.8) is 0 Å². The molecule has 0 atom stereocenters. The lowest BCUT2D eigenvalue weighted by Gasteiger charge is -2.05. The fraction of sp³-hybridized carbons (Fsp3) is 0.385. The number of aliphatic carboxylic acids is 1. The normalized spacial score (nSPS) is 10.5. The molecule has 2 N–H and O–H groups in total. The first kappa shape index (κ1) is 14.8. The quantitative estimate of drug-likeness (QED) is 0.773. The molecule has 0 fully saturated rings. The summed E-state index contributed by atoms with van der Waals surface area (Å²) in [5.74, 6) is -1.15. The summed E-state index contributed by atoms with van der Waals surface area (Å²) in [5.41, 5.74) is 1.33. The Bertz CT molecular complexity index is 631. The number of carboxylic acid groups (broad SMARTS) is 1. The summed E-state index contributed by atoms with van der Waals surface area (Å²) in [7, 11) is 0. The summed E-state index contributed by atoms with van der Waals surface area (Å²) < 4.78 is 3.25. The van der Waals surface area contributed by atoms with Crippen molar-refractivity contribution in [2.24, 2.45) is 0 Å². The number of rotatable bonds is 7. The maximum absolute atomic E-state index is 12.0. The van der Waals surface area contributed by atoms with Gasteiger partial charge in [-0.25, -0.2) is 0 Å². The van der Waals surface area contributed by atoms with Gasteiger partial charge in [0.05, 0.1) is 37.0 Å². The van der Waals surface area contributed by atoms with Crippen molar-refractivity contribution in [3.05, 3.63) is 35.9 Å². The number of hydrogen-bond acceptors (Lipinski definition) is 4. The lowest BCUT2D eigenvalue weighted by atomic mass is 10.3. The Labute approximate surface area is 121 Å². The predicted octanol–water partition coefficient (Wildman–Crippen LogP) is 0.504. The van der Waals surface area contributed by atoms with Crippen LogP contribution in [0, 0.1) is 0 Å². The summed E-state index contributed by atoms with van der Waals surface area (Å²) in [6.07, 6.45) is 4.62. The molecular formula is C13H17N5O3. The zero-order valence-corrected chi connectivity index (χ0v) is 11.7. The van der Waals surface area contributed by atoms with Gasteiger partial charge in [-0.3, -0.25) is 19.0 Å². The second kappa shape index (κ2) is 6.69. The molecule has 8 heteroatoms. The fourth-order valence-electron chi connectivity index (χ4n) is 1.88. The first-order chi connectivity index (χ1) is 10.1. The van der Waals surface area contributed by atoms with E-state index in [1.807, 2.05) is 13.0 Å². The van der Waals surface area contributed by atoms with Gasteiger partial charge in [0, 0.05) is 18.9 Å². The van der Waals surface area contributed by atoms with E-state index >= 15 is 0 Å². The van der Waals surface area contributed by atoms with Gasteiger partial charge in [0.1, 0.15) is 0 Å². The van der Waals surface area contributed by atoms with Gasteiger partial charge < -0.3 is 10.4 Å². The Morgan fingerprint density at radius 2 is 2.19 bits per heavy atom. The van der Waals surface area contributed by atoms with E-state index in [1.54, 1.807) is 10.9 Å². The molecule has 0 saturated carbocycles. The number of nitrogens with zero attached hydrogens (tertiary/aromatic N) is 4. The molecular weight excluding hydrogens is 274 g/mol. The molecule has 0 bridgehead atoms. The summed E-state index contributed by atoms with van der Waals surface area (Å²) >= 11 is 0. The largest absolute Gasteiger partial charge is 0.481 e. The Morgan fingerprint density at radius 1 is 1.38 bits per heavy atom. The van der Waals surface area contributed by atoms with Crippen LogP contribution in [0.3, 0.4) is 0 Å². The van der Waals surface area contributed by atoms with Gasteiger partial charge in [0.25, 0.3) is 5.91 Å². The third-order valence-corrected chi connectivity index (χ3v) is 2.98. The first-order valence-electron chi connectivity index (χ1n) is 6.63. The second-order valence-electron chi connectivity index (χ2n) is 4.46. The number of amides is 1. The van der Waals surface area contributed by atoms with E-state index in [4.69, 9.17) is 5.11 Å². The van der Waals surface area contributed by atoms with Gasteiger partial charge >= 0.3 is 5.97 Å². The van der Waals surface area contributed by atoms with Gasteiger partial charge in [-0.15, -0.1) is 0 Å². The van der Waals surface area contributed by atoms with Crippen LogP contribution in [0.25, 0.3) is 0 Å². The number of carboxylic acids is 1. The van der Waals surface area contributed by atoms with Crippen LogP contribution < -0.4 is 5.32 Å². The maximum Gasteiger partial charge on any atom is 0.305 e. The number of aryl methyl sites for hydroxylation is 2. The highest BCUT2D eigenvalue weighted by Gasteiger charge is 2.10. The molecule has 0 aliphatic carbocycles. The number of aromatic nitrogens is 4.